The molecule has 0 radical (unpaired) electrons. The fourth-order valence-corrected chi connectivity index (χ4v) is 3.15. The molecule has 0 heterocycles. The van der Waals surface area contributed by atoms with E-state index in [1.807, 2.05) is 18.2 Å². The molecule has 0 spiro atoms. The van der Waals surface area contributed by atoms with E-state index in [0.29, 0.717) is 11.6 Å². The van der Waals surface area contributed by atoms with Crippen molar-refractivity contribution in [3.05, 3.63) is 29.8 Å². The molecular formula is C16H18N2O2. The van der Waals surface area contributed by atoms with Crippen LogP contribution in [0.1, 0.15) is 38.7 Å². The zero-order chi connectivity index (χ0) is 14.6. The van der Waals surface area contributed by atoms with Crippen LogP contribution in [-0.4, -0.2) is 18.2 Å². The van der Waals surface area contributed by atoms with Gasteiger partial charge in [0.1, 0.15) is 0 Å². The number of benzene rings is 1. The van der Waals surface area contributed by atoms with Crippen molar-refractivity contribution in [3.63, 3.8) is 0 Å². The van der Waals surface area contributed by atoms with Gasteiger partial charge in [-0.15, -0.1) is 0 Å². The van der Waals surface area contributed by atoms with Gasteiger partial charge in [0.25, 0.3) is 0 Å². The van der Waals surface area contributed by atoms with Gasteiger partial charge in [-0.05, 0) is 36.8 Å². The lowest BCUT2D eigenvalue weighted by Crippen LogP contribution is -2.40. The molecule has 3 unspecified atom stereocenters. The van der Waals surface area contributed by atoms with Gasteiger partial charge in [-0.1, -0.05) is 32.0 Å². The van der Waals surface area contributed by atoms with Crippen LogP contribution >= 0.6 is 0 Å². The molecule has 1 saturated carbocycles. The number of rotatable bonds is 3. The highest BCUT2D eigenvalue weighted by Gasteiger charge is 2.41. The van der Waals surface area contributed by atoms with E-state index in [9.17, 15) is 9.59 Å². The molecule has 1 aliphatic rings. The number of aliphatic imine (C=N–C) groups is 2. The lowest BCUT2D eigenvalue weighted by atomic mass is 9.65. The van der Waals surface area contributed by atoms with Gasteiger partial charge in [-0.25, -0.2) is 14.6 Å². The molecule has 3 atom stereocenters. The van der Waals surface area contributed by atoms with E-state index >= 15 is 0 Å². The Hall–Kier alpha value is -2.02. The van der Waals surface area contributed by atoms with Crippen LogP contribution in [0.25, 0.3) is 0 Å². The van der Waals surface area contributed by atoms with E-state index in [1.54, 1.807) is 18.2 Å². The molecular weight excluding hydrogens is 252 g/mol. The third kappa shape index (κ3) is 2.62. The van der Waals surface area contributed by atoms with Gasteiger partial charge < -0.3 is 0 Å². The van der Waals surface area contributed by atoms with Crippen LogP contribution in [0.3, 0.4) is 0 Å². The Morgan fingerprint density at radius 2 is 2.00 bits per heavy atom. The largest absolute Gasteiger partial charge is 0.240 e. The quantitative estimate of drug-likeness (QED) is 0.624. The van der Waals surface area contributed by atoms with Crippen LogP contribution in [-0.2, 0) is 15.0 Å². The van der Waals surface area contributed by atoms with Crippen LogP contribution in [0, 0.1) is 5.92 Å². The van der Waals surface area contributed by atoms with Crippen molar-refractivity contribution in [2.45, 2.75) is 44.6 Å². The van der Waals surface area contributed by atoms with Crippen LogP contribution < -0.4 is 0 Å². The van der Waals surface area contributed by atoms with E-state index in [1.165, 1.54) is 0 Å². The third-order valence-electron chi connectivity index (χ3n) is 4.41. The van der Waals surface area contributed by atoms with Gasteiger partial charge in [-0.3, -0.25) is 0 Å². The predicted molar refractivity (Wildman–Crippen MR) is 76.5 cm³/mol. The zero-order valence-corrected chi connectivity index (χ0v) is 11.8. The minimum absolute atomic E-state index is 0.119. The number of hydrogen-bond acceptors (Lipinski definition) is 4. The first kappa shape index (κ1) is 14.4. The molecule has 0 amide bonds. The summed E-state index contributed by atoms with van der Waals surface area (Å²) in [5, 5.41) is 0. The summed E-state index contributed by atoms with van der Waals surface area (Å²) < 4.78 is 0. The Kier molecular flexibility index (Phi) is 4.29. The molecule has 0 aromatic heterocycles. The fraction of sp³-hybridized carbons (Fsp3) is 0.500. The second-order valence-corrected chi connectivity index (χ2v) is 5.75. The molecule has 0 saturated heterocycles. The second kappa shape index (κ2) is 5.96. The van der Waals surface area contributed by atoms with Crippen LogP contribution in [0.5, 0.6) is 0 Å². The Balaban J connectivity index is 2.52. The summed E-state index contributed by atoms with van der Waals surface area (Å²) in [6.45, 7) is 4.26. The maximum atomic E-state index is 10.7. The topological polar surface area (TPSA) is 58.9 Å². The summed E-state index contributed by atoms with van der Waals surface area (Å²) in [5.41, 5.74) is 1.28. The lowest BCUT2D eigenvalue weighted by molar-refractivity contribution is 0.223. The average molecular weight is 270 g/mol. The number of isocyanates is 2. The highest BCUT2D eigenvalue weighted by atomic mass is 16.1. The third-order valence-corrected chi connectivity index (χ3v) is 4.41. The van der Waals surface area contributed by atoms with E-state index < -0.39 is 0 Å². The first-order chi connectivity index (χ1) is 9.61. The van der Waals surface area contributed by atoms with Crippen molar-refractivity contribution >= 4 is 17.8 Å². The average Bonchev–Trinajstić information content (AvgIpc) is 2.44. The van der Waals surface area contributed by atoms with Gasteiger partial charge in [-0.2, -0.15) is 4.99 Å². The van der Waals surface area contributed by atoms with Gasteiger partial charge in [0.2, 0.25) is 12.2 Å². The molecule has 1 aromatic rings. The van der Waals surface area contributed by atoms with Crippen LogP contribution in [0.2, 0.25) is 0 Å². The van der Waals surface area contributed by atoms with Crippen molar-refractivity contribution in [3.8, 4) is 0 Å². The second-order valence-electron chi connectivity index (χ2n) is 5.75. The number of para-hydroxylation sites is 1. The summed E-state index contributed by atoms with van der Waals surface area (Å²) in [4.78, 5) is 29.1. The van der Waals surface area contributed by atoms with E-state index in [0.717, 1.165) is 24.8 Å². The molecule has 0 N–H and O–H groups in total. The molecule has 4 nitrogen and oxygen atoms in total. The normalized spacial score (nSPS) is 29.1. The van der Waals surface area contributed by atoms with Gasteiger partial charge >= 0.3 is 0 Å². The number of carbonyl (C=O) groups excluding carboxylic acids is 2. The molecule has 1 aliphatic carbocycles. The summed E-state index contributed by atoms with van der Waals surface area (Å²) in [5.74, 6) is 0.534. The van der Waals surface area contributed by atoms with E-state index in [-0.39, 0.29) is 11.5 Å². The molecule has 1 aromatic carbocycles. The Morgan fingerprint density at radius 3 is 2.70 bits per heavy atom. The van der Waals surface area contributed by atoms with Crippen molar-refractivity contribution in [2.24, 2.45) is 15.9 Å². The minimum atomic E-state index is -0.291. The molecule has 104 valence electrons. The predicted octanol–water partition coefficient (Wildman–Crippen LogP) is 3.44. The Bertz CT molecular complexity index is 586. The van der Waals surface area contributed by atoms with Gasteiger partial charge in [0.05, 0.1) is 11.7 Å². The molecule has 0 bridgehead atoms. The molecule has 20 heavy (non-hydrogen) atoms. The van der Waals surface area contributed by atoms with Crippen molar-refractivity contribution in [1.29, 1.82) is 0 Å². The first-order valence-electron chi connectivity index (χ1n) is 6.86. The van der Waals surface area contributed by atoms with Crippen molar-refractivity contribution < 1.29 is 9.59 Å². The maximum Gasteiger partial charge on any atom is 0.240 e. The highest BCUT2D eigenvalue weighted by Crippen LogP contribution is 2.45. The maximum absolute atomic E-state index is 10.7. The van der Waals surface area contributed by atoms with E-state index in [4.69, 9.17) is 0 Å². The summed E-state index contributed by atoms with van der Waals surface area (Å²) >= 11 is 0. The smallest absolute Gasteiger partial charge is 0.211 e. The molecule has 1 fully saturated rings. The highest BCUT2D eigenvalue weighted by molar-refractivity contribution is 5.57. The lowest BCUT2D eigenvalue weighted by Gasteiger charge is -2.41. The zero-order valence-electron chi connectivity index (χ0n) is 11.8. The Labute approximate surface area is 118 Å². The number of nitrogens with zero attached hydrogens (tertiary/aromatic N) is 2. The fourth-order valence-electron chi connectivity index (χ4n) is 3.15. The van der Waals surface area contributed by atoms with Gasteiger partial charge in [0, 0.05) is 5.41 Å². The standard InChI is InChI=1S/C16H18N2O2/c1-12-7-8-16(2,15(9-12)18-11-20)13-5-3-4-6-14(13)17-10-19/h3-6,12,15H,7-9H2,1-2H3. The van der Waals surface area contributed by atoms with E-state index in [2.05, 4.69) is 23.8 Å². The van der Waals surface area contributed by atoms with Crippen LogP contribution in [0.15, 0.2) is 34.3 Å². The minimum Gasteiger partial charge on any atom is -0.211 e. The van der Waals surface area contributed by atoms with Crippen molar-refractivity contribution in [1.82, 2.24) is 0 Å². The number of hydrogen-bond donors (Lipinski definition) is 0. The summed E-state index contributed by atoms with van der Waals surface area (Å²) in [7, 11) is 0. The van der Waals surface area contributed by atoms with Gasteiger partial charge in [0.15, 0.2) is 0 Å². The molecule has 0 aliphatic heterocycles. The SMILES string of the molecule is CC1CCC(C)(c2ccccc2N=C=O)C(N=C=O)C1. The summed E-state index contributed by atoms with van der Waals surface area (Å²) in [6.07, 6.45) is 6.14. The molecule has 2 rings (SSSR count). The first-order valence-corrected chi connectivity index (χ1v) is 6.86. The summed E-state index contributed by atoms with van der Waals surface area (Å²) in [6, 6.07) is 7.40. The molecule has 4 heteroatoms. The Morgan fingerprint density at radius 1 is 1.25 bits per heavy atom. The van der Waals surface area contributed by atoms with Crippen molar-refractivity contribution in [2.75, 3.05) is 0 Å². The monoisotopic (exact) mass is 270 g/mol. The van der Waals surface area contributed by atoms with Crippen LogP contribution in [0.4, 0.5) is 5.69 Å².